The summed E-state index contributed by atoms with van der Waals surface area (Å²) in [6.07, 6.45) is 5.58. The third-order valence-electron chi connectivity index (χ3n) is 6.82. The summed E-state index contributed by atoms with van der Waals surface area (Å²) >= 11 is 0. The summed E-state index contributed by atoms with van der Waals surface area (Å²) in [5.74, 6) is -0.0543. The number of pyridine rings is 1. The molecule has 2 aromatic rings. The summed E-state index contributed by atoms with van der Waals surface area (Å²) in [7, 11) is 0. The lowest BCUT2D eigenvalue weighted by atomic mass is 9.52. The molecule has 31 heavy (non-hydrogen) atoms. The Morgan fingerprint density at radius 3 is 2.71 bits per heavy atom. The van der Waals surface area contributed by atoms with Gasteiger partial charge in [-0.05, 0) is 55.6 Å². The standard InChI is InChI=1S/C22H27N5O4/c1-12(2)7-15-20(29)27(21(30)24-15)13-8-22(9-13)10-14(11-22)31-19-17(18(23)28)16-5-3-4-6-26(16)25-19/h3-6,12-15H,7-11H2,1-2H3,(H2,23,28)(H,24,30)/t13-,14-,15?,22?. The molecule has 3 N–H and O–H groups in total. The monoisotopic (exact) mass is 425 g/mol. The predicted molar refractivity (Wildman–Crippen MR) is 111 cm³/mol. The van der Waals surface area contributed by atoms with E-state index in [4.69, 9.17) is 10.5 Å². The number of aromatic nitrogens is 2. The molecular formula is C22H27N5O4. The van der Waals surface area contributed by atoms with Crippen LogP contribution in [0.5, 0.6) is 5.88 Å². The fourth-order valence-corrected chi connectivity index (χ4v) is 5.42. The molecule has 1 spiro atoms. The number of nitrogens with one attached hydrogen (secondary N) is 1. The number of urea groups is 1. The number of hydrogen-bond donors (Lipinski definition) is 2. The van der Waals surface area contributed by atoms with Gasteiger partial charge in [0.1, 0.15) is 17.7 Å². The summed E-state index contributed by atoms with van der Waals surface area (Å²) in [4.78, 5) is 38.4. The summed E-state index contributed by atoms with van der Waals surface area (Å²) in [5.41, 5.74) is 6.57. The van der Waals surface area contributed by atoms with Crippen LogP contribution in [0.1, 0.15) is 56.3 Å². The third-order valence-corrected chi connectivity index (χ3v) is 6.82. The zero-order valence-electron chi connectivity index (χ0n) is 17.7. The molecule has 0 aromatic carbocycles. The molecule has 0 radical (unpaired) electrons. The summed E-state index contributed by atoms with van der Waals surface area (Å²) in [6, 6.07) is 4.72. The molecule has 5 rings (SSSR count). The van der Waals surface area contributed by atoms with Crippen LogP contribution in [0.4, 0.5) is 4.79 Å². The smallest absolute Gasteiger partial charge is 0.325 e. The average molecular weight is 425 g/mol. The number of hydrogen-bond acceptors (Lipinski definition) is 5. The second kappa shape index (κ2) is 6.96. The zero-order chi connectivity index (χ0) is 21.9. The van der Waals surface area contributed by atoms with Crippen molar-refractivity contribution in [1.82, 2.24) is 19.8 Å². The van der Waals surface area contributed by atoms with Gasteiger partial charge in [-0.1, -0.05) is 19.9 Å². The maximum Gasteiger partial charge on any atom is 0.325 e. The van der Waals surface area contributed by atoms with Gasteiger partial charge in [0, 0.05) is 12.2 Å². The molecule has 1 aliphatic heterocycles. The van der Waals surface area contributed by atoms with Gasteiger partial charge in [0.25, 0.3) is 11.8 Å². The summed E-state index contributed by atoms with van der Waals surface area (Å²) < 4.78 is 7.62. The van der Waals surface area contributed by atoms with Gasteiger partial charge in [0.15, 0.2) is 0 Å². The number of nitrogens with zero attached hydrogens (tertiary/aromatic N) is 3. The second-order valence-electron chi connectivity index (χ2n) is 9.62. The van der Waals surface area contributed by atoms with Gasteiger partial charge in [-0.2, -0.15) is 0 Å². The van der Waals surface area contributed by atoms with Crippen LogP contribution in [-0.2, 0) is 4.79 Å². The van der Waals surface area contributed by atoms with E-state index < -0.39 is 11.9 Å². The molecule has 1 unspecified atom stereocenters. The van der Waals surface area contributed by atoms with E-state index in [9.17, 15) is 14.4 Å². The molecule has 164 valence electrons. The molecule has 4 amide bonds. The minimum absolute atomic E-state index is 0.0398. The molecular weight excluding hydrogens is 398 g/mol. The lowest BCUT2D eigenvalue weighted by Gasteiger charge is -2.58. The van der Waals surface area contributed by atoms with Crippen LogP contribution < -0.4 is 15.8 Å². The Bertz CT molecular complexity index is 1060. The molecule has 2 saturated carbocycles. The highest BCUT2D eigenvalue weighted by Gasteiger charge is 2.58. The number of primary amides is 1. The van der Waals surface area contributed by atoms with Crippen molar-refractivity contribution in [2.75, 3.05) is 0 Å². The van der Waals surface area contributed by atoms with Gasteiger partial charge >= 0.3 is 6.03 Å². The normalized spacial score (nSPS) is 29.9. The van der Waals surface area contributed by atoms with Crippen molar-refractivity contribution >= 4 is 23.4 Å². The van der Waals surface area contributed by atoms with Gasteiger partial charge in [0.2, 0.25) is 5.88 Å². The SMILES string of the molecule is CC(C)CC1NC(=O)N([C@H]2CC3(C[C@H](Oc4nn5ccccc5c4C(N)=O)C3)C2)C1=O. The van der Waals surface area contributed by atoms with E-state index in [-0.39, 0.29) is 35.4 Å². The first-order valence-corrected chi connectivity index (χ1v) is 10.8. The summed E-state index contributed by atoms with van der Waals surface area (Å²) in [5, 5.41) is 7.19. The third kappa shape index (κ3) is 3.23. The number of imide groups is 1. The van der Waals surface area contributed by atoms with Crippen molar-refractivity contribution in [3.63, 3.8) is 0 Å². The van der Waals surface area contributed by atoms with E-state index in [1.54, 1.807) is 16.8 Å². The maximum atomic E-state index is 12.7. The summed E-state index contributed by atoms with van der Waals surface area (Å²) in [6.45, 7) is 4.09. The van der Waals surface area contributed by atoms with E-state index in [2.05, 4.69) is 10.4 Å². The second-order valence-corrected chi connectivity index (χ2v) is 9.62. The molecule has 3 fully saturated rings. The number of ether oxygens (including phenoxy) is 1. The van der Waals surface area contributed by atoms with Gasteiger partial charge in [-0.3, -0.25) is 14.5 Å². The molecule has 1 saturated heterocycles. The Hall–Kier alpha value is -3.10. The van der Waals surface area contributed by atoms with E-state index in [1.807, 2.05) is 26.0 Å². The molecule has 2 aliphatic carbocycles. The van der Waals surface area contributed by atoms with Crippen molar-refractivity contribution < 1.29 is 19.1 Å². The largest absolute Gasteiger partial charge is 0.473 e. The van der Waals surface area contributed by atoms with Crippen LogP contribution in [0.2, 0.25) is 0 Å². The molecule has 3 aliphatic rings. The average Bonchev–Trinajstić information content (AvgIpc) is 3.13. The highest BCUT2D eigenvalue weighted by atomic mass is 16.5. The van der Waals surface area contributed by atoms with Gasteiger partial charge in [-0.15, -0.1) is 5.10 Å². The van der Waals surface area contributed by atoms with Crippen LogP contribution in [0.15, 0.2) is 24.4 Å². The zero-order valence-corrected chi connectivity index (χ0v) is 17.7. The molecule has 0 bridgehead atoms. The van der Waals surface area contributed by atoms with Crippen molar-refractivity contribution in [3.05, 3.63) is 30.0 Å². The van der Waals surface area contributed by atoms with Crippen molar-refractivity contribution in [2.45, 2.75) is 64.1 Å². The minimum atomic E-state index is -0.566. The number of amides is 4. The fourth-order valence-electron chi connectivity index (χ4n) is 5.42. The molecule has 2 aromatic heterocycles. The predicted octanol–water partition coefficient (Wildman–Crippen LogP) is 2.09. The van der Waals surface area contributed by atoms with Crippen molar-refractivity contribution in [3.8, 4) is 5.88 Å². The van der Waals surface area contributed by atoms with E-state index in [0.29, 0.717) is 23.4 Å². The van der Waals surface area contributed by atoms with Gasteiger partial charge in [-0.25, -0.2) is 9.31 Å². The fraction of sp³-hybridized carbons (Fsp3) is 0.545. The van der Waals surface area contributed by atoms with Crippen LogP contribution >= 0.6 is 0 Å². The molecule has 9 heteroatoms. The first-order valence-electron chi connectivity index (χ1n) is 10.8. The first kappa shape index (κ1) is 19.8. The number of fused-ring (bicyclic) bond motifs is 1. The van der Waals surface area contributed by atoms with Crippen LogP contribution in [-0.4, -0.2) is 50.5 Å². The number of rotatable bonds is 6. The number of carbonyl (C=O) groups is 3. The lowest BCUT2D eigenvalue weighted by molar-refractivity contribution is -0.141. The molecule has 1 atom stereocenters. The Balaban J connectivity index is 1.20. The van der Waals surface area contributed by atoms with E-state index >= 15 is 0 Å². The molecule has 9 nitrogen and oxygen atoms in total. The lowest BCUT2D eigenvalue weighted by Crippen LogP contribution is -2.60. The van der Waals surface area contributed by atoms with Crippen molar-refractivity contribution in [2.24, 2.45) is 17.1 Å². The van der Waals surface area contributed by atoms with E-state index in [0.717, 1.165) is 25.7 Å². The van der Waals surface area contributed by atoms with Crippen LogP contribution in [0.3, 0.4) is 0 Å². The van der Waals surface area contributed by atoms with Crippen LogP contribution in [0, 0.1) is 11.3 Å². The highest BCUT2D eigenvalue weighted by Crippen LogP contribution is 2.58. The van der Waals surface area contributed by atoms with E-state index in [1.165, 1.54) is 4.90 Å². The maximum absolute atomic E-state index is 12.7. The number of carbonyl (C=O) groups excluding carboxylic acids is 3. The Labute approximate surface area is 179 Å². The first-order chi connectivity index (χ1) is 14.8. The van der Waals surface area contributed by atoms with Gasteiger partial charge in [0.05, 0.1) is 5.52 Å². The highest BCUT2D eigenvalue weighted by molar-refractivity contribution is 6.04. The topological polar surface area (TPSA) is 119 Å². The minimum Gasteiger partial charge on any atom is -0.473 e. The number of nitrogens with two attached hydrogens (primary N) is 1. The Morgan fingerprint density at radius 1 is 1.29 bits per heavy atom. The Morgan fingerprint density at radius 2 is 2.03 bits per heavy atom. The van der Waals surface area contributed by atoms with Gasteiger partial charge < -0.3 is 15.8 Å². The van der Waals surface area contributed by atoms with Crippen LogP contribution in [0.25, 0.3) is 5.52 Å². The molecule has 3 heterocycles. The quantitative estimate of drug-likeness (QED) is 0.687. The van der Waals surface area contributed by atoms with Crippen molar-refractivity contribution in [1.29, 1.82) is 0 Å². The Kier molecular flexibility index (Phi) is 4.46.